The molecule has 1 atom stereocenters. The molecule has 2 rings (SSSR count). The zero-order chi connectivity index (χ0) is 15.6. The Morgan fingerprint density at radius 3 is 2.43 bits per heavy atom. The van der Waals surface area contributed by atoms with Crippen molar-refractivity contribution in [1.29, 1.82) is 0 Å². The van der Waals surface area contributed by atoms with Gasteiger partial charge in [0.05, 0.1) is 21.0 Å². The highest BCUT2D eigenvalue weighted by Gasteiger charge is 2.27. The molecule has 1 saturated heterocycles. The fourth-order valence-corrected chi connectivity index (χ4v) is 3.79. The summed E-state index contributed by atoms with van der Waals surface area (Å²) in [7, 11) is -3.81. The molecule has 0 saturated carbocycles. The Bertz CT molecular complexity index is 643. The number of amides is 1. The average molecular weight is 351 g/mol. The van der Waals surface area contributed by atoms with E-state index in [4.69, 9.17) is 23.2 Å². The highest BCUT2D eigenvalue weighted by atomic mass is 35.5. The fourth-order valence-electron chi connectivity index (χ4n) is 2.21. The van der Waals surface area contributed by atoms with Crippen molar-refractivity contribution in [1.82, 2.24) is 9.62 Å². The Labute approximate surface area is 134 Å². The van der Waals surface area contributed by atoms with E-state index in [-0.39, 0.29) is 20.8 Å². The lowest BCUT2D eigenvalue weighted by Gasteiger charge is -2.21. The van der Waals surface area contributed by atoms with Crippen molar-refractivity contribution in [3.8, 4) is 0 Å². The summed E-state index contributed by atoms with van der Waals surface area (Å²) in [5.41, 5.74) is 0. The number of halogens is 2. The van der Waals surface area contributed by atoms with Crippen LogP contribution in [0.1, 0.15) is 19.8 Å². The van der Waals surface area contributed by atoms with Gasteiger partial charge in [0.15, 0.2) is 0 Å². The molecular formula is C13H16Cl2N2O3S. The van der Waals surface area contributed by atoms with Crippen LogP contribution >= 0.6 is 23.2 Å². The monoisotopic (exact) mass is 350 g/mol. The Kier molecular flexibility index (Phi) is 5.14. The van der Waals surface area contributed by atoms with Gasteiger partial charge in [0, 0.05) is 13.1 Å². The first-order chi connectivity index (χ1) is 9.81. The summed E-state index contributed by atoms with van der Waals surface area (Å²) in [5, 5.41) is 0.426. The number of hydrogen-bond acceptors (Lipinski definition) is 3. The SMILES string of the molecule is C[C@H](NS(=O)(=O)c1ccc(Cl)c(Cl)c1)C(=O)N1CCCC1. The molecule has 0 bridgehead atoms. The molecule has 21 heavy (non-hydrogen) atoms. The molecule has 1 N–H and O–H groups in total. The van der Waals surface area contributed by atoms with Crippen molar-refractivity contribution >= 4 is 39.1 Å². The molecule has 1 heterocycles. The van der Waals surface area contributed by atoms with Gasteiger partial charge in [0.1, 0.15) is 0 Å². The van der Waals surface area contributed by atoms with Crippen LogP contribution < -0.4 is 4.72 Å². The van der Waals surface area contributed by atoms with Gasteiger partial charge in [-0.3, -0.25) is 4.79 Å². The molecule has 0 aromatic heterocycles. The third-order valence-electron chi connectivity index (χ3n) is 3.32. The van der Waals surface area contributed by atoms with Crippen LogP contribution in [0.5, 0.6) is 0 Å². The summed E-state index contributed by atoms with van der Waals surface area (Å²) < 4.78 is 26.9. The number of carbonyl (C=O) groups is 1. The molecule has 0 spiro atoms. The third-order valence-corrected chi connectivity index (χ3v) is 5.60. The Balaban J connectivity index is 2.12. The number of nitrogens with zero attached hydrogens (tertiary/aromatic N) is 1. The molecule has 116 valence electrons. The second kappa shape index (κ2) is 6.52. The smallest absolute Gasteiger partial charge is 0.241 e. The zero-order valence-corrected chi connectivity index (χ0v) is 13.8. The van der Waals surface area contributed by atoms with Gasteiger partial charge in [-0.2, -0.15) is 4.72 Å². The molecule has 1 fully saturated rings. The molecule has 5 nitrogen and oxygen atoms in total. The standard InChI is InChI=1S/C13H16Cl2N2O3S/c1-9(13(18)17-6-2-3-7-17)16-21(19,20)10-4-5-11(14)12(15)8-10/h4-5,8-9,16H,2-3,6-7H2,1H3/t9-/m0/s1. The van der Waals surface area contributed by atoms with Gasteiger partial charge in [0.2, 0.25) is 15.9 Å². The highest BCUT2D eigenvalue weighted by molar-refractivity contribution is 7.89. The Morgan fingerprint density at radius 2 is 1.86 bits per heavy atom. The number of rotatable bonds is 4. The van der Waals surface area contributed by atoms with Crippen LogP contribution in [0, 0.1) is 0 Å². The van der Waals surface area contributed by atoms with E-state index in [1.165, 1.54) is 25.1 Å². The van der Waals surface area contributed by atoms with Crippen molar-refractivity contribution in [2.75, 3.05) is 13.1 Å². The summed E-state index contributed by atoms with van der Waals surface area (Å²) in [4.78, 5) is 13.8. The minimum Gasteiger partial charge on any atom is -0.341 e. The van der Waals surface area contributed by atoms with Gasteiger partial charge in [-0.05, 0) is 38.0 Å². The predicted octanol–water partition coefficient (Wildman–Crippen LogP) is 2.28. The van der Waals surface area contributed by atoms with Crippen LogP contribution in [0.25, 0.3) is 0 Å². The summed E-state index contributed by atoms with van der Waals surface area (Å²) in [6.45, 7) is 2.89. The quantitative estimate of drug-likeness (QED) is 0.905. The normalized spacial score (nSPS) is 17.0. The van der Waals surface area contributed by atoms with Crippen molar-refractivity contribution in [3.63, 3.8) is 0 Å². The van der Waals surface area contributed by atoms with Crippen LogP contribution in [0.4, 0.5) is 0 Å². The molecule has 0 unspecified atom stereocenters. The maximum absolute atomic E-state index is 12.2. The second-order valence-corrected chi connectivity index (χ2v) is 7.48. The topological polar surface area (TPSA) is 66.5 Å². The van der Waals surface area contributed by atoms with Crippen LogP contribution in [-0.4, -0.2) is 38.4 Å². The zero-order valence-electron chi connectivity index (χ0n) is 11.5. The van der Waals surface area contributed by atoms with Crippen LogP contribution in [-0.2, 0) is 14.8 Å². The van der Waals surface area contributed by atoms with Crippen molar-refractivity contribution in [2.24, 2.45) is 0 Å². The summed E-state index contributed by atoms with van der Waals surface area (Å²) in [6, 6.07) is 3.21. The number of sulfonamides is 1. The maximum atomic E-state index is 12.2. The summed E-state index contributed by atoms with van der Waals surface area (Å²) in [5.74, 6) is -0.212. The molecular weight excluding hydrogens is 335 g/mol. The predicted molar refractivity (Wildman–Crippen MR) is 82.1 cm³/mol. The van der Waals surface area contributed by atoms with Crippen LogP contribution in [0.3, 0.4) is 0 Å². The minimum atomic E-state index is -3.81. The van der Waals surface area contributed by atoms with E-state index in [1.54, 1.807) is 4.90 Å². The number of carbonyl (C=O) groups excluding carboxylic acids is 1. The largest absolute Gasteiger partial charge is 0.341 e. The molecule has 1 aromatic rings. The number of benzene rings is 1. The van der Waals surface area contributed by atoms with Crippen molar-refractivity contribution in [2.45, 2.75) is 30.7 Å². The second-order valence-electron chi connectivity index (χ2n) is 4.95. The van der Waals surface area contributed by atoms with E-state index in [0.717, 1.165) is 12.8 Å². The molecule has 0 aliphatic carbocycles. The minimum absolute atomic E-state index is 0.0158. The average Bonchev–Trinajstić information content (AvgIpc) is 2.94. The molecule has 1 aliphatic heterocycles. The lowest BCUT2D eigenvalue weighted by Crippen LogP contribution is -2.45. The van der Waals surface area contributed by atoms with Crippen molar-refractivity contribution in [3.05, 3.63) is 28.2 Å². The van der Waals surface area contributed by atoms with E-state index >= 15 is 0 Å². The van der Waals surface area contributed by atoms with E-state index in [1.807, 2.05) is 0 Å². The number of hydrogen-bond donors (Lipinski definition) is 1. The molecule has 1 aromatic carbocycles. The number of likely N-dealkylation sites (tertiary alicyclic amines) is 1. The Morgan fingerprint density at radius 1 is 1.24 bits per heavy atom. The van der Waals surface area contributed by atoms with Gasteiger partial charge >= 0.3 is 0 Å². The molecule has 0 radical (unpaired) electrons. The van der Waals surface area contributed by atoms with Gasteiger partial charge in [-0.1, -0.05) is 23.2 Å². The Hall–Kier alpha value is -0.820. The lowest BCUT2D eigenvalue weighted by molar-refractivity contribution is -0.131. The van der Waals surface area contributed by atoms with Gasteiger partial charge in [-0.25, -0.2) is 8.42 Å². The highest BCUT2D eigenvalue weighted by Crippen LogP contribution is 2.24. The van der Waals surface area contributed by atoms with Gasteiger partial charge in [0.25, 0.3) is 0 Å². The summed E-state index contributed by atoms with van der Waals surface area (Å²) >= 11 is 11.6. The van der Waals surface area contributed by atoms with Crippen LogP contribution in [0.15, 0.2) is 23.1 Å². The van der Waals surface area contributed by atoms with Crippen molar-refractivity contribution < 1.29 is 13.2 Å². The van der Waals surface area contributed by atoms with Crippen LogP contribution in [0.2, 0.25) is 10.0 Å². The van der Waals surface area contributed by atoms with Gasteiger partial charge in [-0.15, -0.1) is 0 Å². The maximum Gasteiger partial charge on any atom is 0.241 e. The fraction of sp³-hybridized carbons (Fsp3) is 0.462. The van der Waals surface area contributed by atoms with E-state index in [9.17, 15) is 13.2 Å². The van der Waals surface area contributed by atoms with E-state index in [2.05, 4.69) is 4.72 Å². The molecule has 1 aliphatic rings. The summed E-state index contributed by atoms with van der Waals surface area (Å²) in [6.07, 6.45) is 1.91. The van der Waals surface area contributed by atoms with Gasteiger partial charge < -0.3 is 4.90 Å². The first-order valence-corrected chi connectivity index (χ1v) is 8.81. The number of nitrogens with one attached hydrogen (secondary N) is 1. The lowest BCUT2D eigenvalue weighted by atomic mass is 10.3. The first kappa shape index (κ1) is 16.5. The van der Waals surface area contributed by atoms with E-state index in [0.29, 0.717) is 13.1 Å². The first-order valence-electron chi connectivity index (χ1n) is 6.57. The molecule has 1 amide bonds. The van der Waals surface area contributed by atoms with E-state index < -0.39 is 16.1 Å². The third kappa shape index (κ3) is 3.88. The molecule has 8 heteroatoms.